The number of anilines is 1. The largest absolute Gasteiger partial charge is 0.497 e. The number of benzene rings is 3. The number of carboxylic acid groups (broad SMARTS) is 1. The molecule has 3 heterocycles. The maximum atomic E-state index is 16.5. The molecule has 1 saturated heterocycles. The molecule has 51 heavy (non-hydrogen) atoms. The van der Waals surface area contributed by atoms with E-state index in [1.807, 2.05) is 78.9 Å². The van der Waals surface area contributed by atoms with Gasteiger partial charge in [0.1, 0.15) is 17.1 Å². The van der Waals surface area contributed by atoms with E-state index < -0.39 is 59.8 Å². The van der Waals surface area contributed by atoms with Gasteiger partial charge in [-0.3, -0.25) is 29.3 Å². The number of alkyl halides is 1. The van der Waals surface area contributed by atoms with Crippen molar-refractivity contribution in [1.82, 2.24) is 19.5 Å². The van der Waals surface area contributed by atoms with Crippen molar-refractivity contribution in [2.24, 2.45) is 11.8 Å². The maximum absolute atomic E-state index is 16.5. The average molecular weight is 700 g/mol. The summed E-state index contributed by atoms with van der Waals surface area (Å²) in [6.45, 7) is 3.12. The number of carboxylic acids is 1. The number of aliphatic carboxylic acids is 1. The second-order valence-electron chi connectivity index (χ2n) is 12.5. The Morgan fingerprint density at radius 2 is 1.57 bits per heavy atom. The number of aromatic amines is 1. The molecule has 0 saturated carbocycles. The molecule has 0 radical (unpaired) electrons. The minimum atomic E-state index is -1.87. The van der Waals surface area contributed by atoms with E-state index in [2.05, 4.69) is 20.3 Å². The summed E-state index contributed by atoms with van der Waals surface area (Å²) >= 11 is 0. The van der Waals surface area contributed by atoms with Crippen LogP contribution < -0.4 is 20.3 Å². The third kappa shape index (κ3) is 6.92. The van der Waals surface area contributed by atoms with Crippen LogP contribution in [0.15, 0.2) is 90.0 Å². The Morgan fingerprint density at radius 3 is 2.12 bits per heavy atom. The van der Waals surface area contributed by atoms with Crippen LogP contribution in [0, 0.1) is 11.8 Å². The normalized spacial score (nSPS) is 18.9. The first kappa shape index (κ1) is 35.2. The second kappa shape index (κ2) is 14.7. The van der Waals surface area contributed by atoms with E-state index in [4.69, 9.17) is 18.9 Å². The van der Waals surface area contributed by atoms with Crippen molar-refractivity contribution >= 4 is 29.0 Å². The van der Waals surface area contributed by atoms with Crippen molar-refractivity contribution in [3.63, 3.8) is 0 Å². The molecule has 14 heteroatoms. The molecule has 1 aliphatic rings. The number of rotatable bonds is 13. The number of imidazole rings is 1. The van der Waals surface area contributed by atoms with Crippen LogP contribution in [-0.2, 0) is 24.7 Å². The van der Waals surface area contributed by atoms with Crippen LogP contribution in [-0.4, -0.2) is 69.6 Å². The van der Waals surface area contributed by atoms with E-state index in [0.717, 1.165) is 16.7 Å². The molecule has 0 unspecified atom stereocenters. The maximum Gasteiger partial charge on any atom is 0.303 e. The van der Waals surface area contributed by atoms with Crippen molar-refractivity contribution in [2.75, 3.05) is 26.1 Å². The molecule has 1 aliphatic heterocycles. The second-order valence-corrected chi connectivity index (χ2v) is 12.5. The van der Waals surface area contributed by atoms with Gasteiger partial charge in [0.05, 0.1) is 39.7 Å². The zero-order valence-electron chi connectivity index (χ0n) is 28.4. The number of fused-ring (bicyclic) bond motifs is 1. The molecule has 1 amide bonds. The molecule has 1 fully saturated rings. The predicted octanol–water partition coefficient (Wildman–Crippen LogP) is 5.07. The fraction of sp³-hybridized carbons (Fsp3) is 0.324. The standard InChI is InChI=1S/C37H38FN5O8/c1-21(2)33(46)41-36-40-32-31(34(47)42-36)39-20-43(32)35-30(38)27(18-29(44)45)28(51-35)19-50-37(22-8-6-5-7-9-22,23-10-14-25(48-3)15-11-23)24-12-16-26(49-4)17-13-24/h5-17,20-21,27-28,30,35H,18-19H2,1-4H3,(H,44,45)(H2,40,41,42,46,47)/t27-,28-,30-,35-/m1/s1. The zero-order valence-corrected chi connectivity index (χ0v) is 28.4. The third-order valence-corrected chi connectivity index (χ3v) is 8.99. The Balaban J connectivity index is 1.41. The lowest BCUT2D eigenvalue weighted by Crippen LogP contribution is -2.38. The Hall–Kier alpha value is -5.60. The highest BCUT2D eigenvalue weighted by atomic mass is 19.1. The summed E-state index contributed by atoms with van der Waals surface area (Å²) in [5, 5.41) is 12.4. The number of carbonyl (C=O) groups is 2. The van der Waals surface area contributed by atoms with Gasteiger partial charge in [-0.25, -0.2) is 9.37 Å². The van der Waals surface area contributed by atoms with Gasteiger partial charge in [0.15, 0.2) is 23.6 Å². The van der Waals surface area contributed by atoms with Crippen LogP contribution in [0.1, 0.15) is 43.2 Å². The SMILES string of the molecule is COc1ccc(C(OC[C@H]2O[C@@H](n3cnc4c(=O)[nH]c(NC(=O)C(C)C)nc43)[C@H](F)[C@@H]2CC(=O)O)(c2ccccc2)c2ccc(OC)cc2)cc1. The van der Waals surface area contributed by atoms with E-state index in [1.165, 1.54) is 10.9 Å². The first-order valence-corrected chi connectivity index (χ1v) is 16.3. The number of hydrogen-bond donors (Lipinski definition) is 3. The van der Waals surface area contributed by atoms with Crippen molar-refractivity contribution in [3.05, 3.63) is 112 Å². The van der Waals surface area contributed by atoms with Crippen molar-refractivity contribution < 1.29 is 38.0 Å². The lowest BCUT2D eigenvalue weighted by atomic mass is 9.80. The molecule has 0 aliphatic carbocycles. The fourth-order valence-corrected chi connectivity index (χ4v) is 6.31. The monoisotopic (exact) mass is 699 g/mol. The molecule has 3 aromatic carbocycles. The summed E-state index contributed by atoms with van der Waals surface area (Å²) in [5.74, 6) is -2.06. The summed E-state index contributed by atoms with van der Waals surface area (Å²) in [6, 6.07) is 24.2. The molecule has 3 N–H and O–H groups in total. The van der Waals surface area contributed by atoms with Crippen LogP contribution in [0.5, 0.6) is 11.5 Å². The molecule has 0 spiro atoms. The van der Waals surface area contributed by atoms with E-state index in [0.29, 0.717) is 11.5 Å². The highest BCUT2D eigenvalue weighted by Gasteiger charge is 2.49. The Morgan fingerprint density at radius 1 is 0.980 bits per heavy atom. The smallest absolute Gasteiger partial charge is 0.303 e. The molecular weight excluding hydrogens is 661 g/mol. The number of nitrogens with one attached hydrogen (secondary N) is 2. The summed E-state index contributed by atoms with van der Waals surface area (Å²) < 4.78 is 41.8. The van der Waals surface area contributed by atoms with Crippen molar-refractivity contribution in [2.45, 2.75) is 44.4 Å². The number of carbonyl (C=O) groups excluding carboxylic acids is 1. The van der Waals surface area contributed by atoms with E-state index in [1.54, 1.807) is 28.1 Å². The molecule has 0 bridgehead atoms. The average Bonchev–Trinajstić information content (AvgIpc) is 3.69. The molecule has 4 atom stereocenters. The van der Waals surface area contributed by atoms with Gasteiger partial charge in [0.25, 0.3) is 5.56 Å². The van der Waals surface area contributed by atoms with Crippen molar-refractivity contribution in [3.8, 4) is 11.5 Å². The predicted molar refractivity (Wildman–Crippen MR) is 184 cm³/mol. The minimum Gasteiger partial charge on any atom is -0.497 e. The third-order valence-electron chi connectivity index (χ3n) is 8.99. The van der Waals surface area contributed by atoms with Gasteiger partial charge in [0.2, 0.25) is 11.9 Å². The van der Waals surface area contributed by atoms with Crippen LogP contribution >= 0.6 is 0 Å². The van der Waals surface area contributed by atoms with Gasteiger partial charge >= 0.3 is 5.97 Å². The van der Waals surface area contributed by atoms with Gasteiger partial charge in [-0.2, -0.15) is 4.98 Å². The Kier molecular flexibility index (Phi) is 10.2. The highest BCUT2D eigenvalue weighted by Crippen LogP contribution is 2.45. The topological polar surface area (TPSA) is 167 Å². The summed E-state index contributed by atoms with van der Waals surface area (Å²) in [5.41, 5.74) is 0.116. The Labute approximate surface area is 292 Å². The van der Waals surface area contributed by atoms with Gasteiger partial charge < -0.3 is 24.1 Å². The number of nitrogens with zero attached hydrogens (tertiary/aromatic N) is 3. The van der Waals surface area contributed by atoms with E-state index in [-0.39, 0.29) is 23.7 Å². The molecule has 13 nitrogen and oxygen atoms in total. The Bertz CT molecular complexity index is 2000. The minimum absolute atomic E-state index is 0.0452. The molecule has 2 aromatic heterocycles. The zero-order chi connectivity index (χ0) is 36.3. The van der Waals surface area contributed by atoms with Crippen LogP contribution in [0.2, 0.25) is 0 Å². The number of hydrogen-bond acceptors (Lipinski definition) is 9. The lowest BCUT2D eigenvalue weighted by Gasteiger charge is -2.37. The van der Waals surface area contributed by atoms with E-state index >= 15 is 4.39 Å². The first-order chi connectivity index (χ1) is 24.5. The van der Waals surface area contributed by atoms with Crippen LogP contribution in [0.3, 0.4) is 0 Å². The van der Waals surface area contributed by atoms with Crippen molar-refractivity contribution in [1.29, 1.82) is 0 Å². The highest BCUT2D eigenvalue weighted by molar-refractivity contribution is 5.91. The fourth-order valence-electron chi connectivity index (χ4n) is 6.31. The summed E-state index contributed by atoms with van der Waals surface area (Å²) in [7, 11) is 3.14. The van der Waals surface area contributed by atoms with Gasteiger partial charge in [-0.1, -0.05) is 68.4 Å². The molecular formula is C37H38FN5O8. The number of H-pyrrole nitrogens is 1. The van der Waals surface area contributed by atoms with Gasteiger partial charge in [0, 0.05) is 11.8 Å². The number of aromatic nitrogens is 4. The van der Waals surface area contributed by atoms with Crippen LogP contribution in [0.4, 0.5) is 10.3 Å². The first-order valence-electron chi connectivity index (χ1n) is 16.3. The number of halogens is 1. The summed E-state index contributed by atoms with van der Waals surface area (Å²) in [6.07, 6.45) is -3.70. The number of methoxy groups -OCH3 is 2. The molecule has 6 rings (SSSR count). The summed E-state index contributed by atoms with van der Waals surface area (Å²) in [4.78, 5) is 48.2. The van der Waals surface area contributed by atoms with Gasteiger partial charge in [-0.05, 0) is 41.0 Å². The number of ether oxygens (including phenoxy) is 4. The van der Waals surface area contributed by atoms with Gasteiger partial charge in [-0.15, -0.1) is 0 Å². The quantitative estimate of drug-likeness (QED) is 0.141. The lowest BCUT2D eigenvalue weighted by molar-refractivity contribution is -0.139. The molecule has 266 valence electrons. The van der Waals surface area contributed by atoms with E-state index in [9.17, 15) is 19.5 Å². The number of amides is 1. The van der Waals surface area contributed by atoms with Crippen LogP contribution in [0.25, 0.3) is 11.2 Å². The molecule has 5 aromatic rings.